The van der Waals surface area contributed by atoms with E-state index in [1.807, 2.05) is 0 Å². The molecule has 0 N–H and O–H groups in total. The molecule has 0 radical (unpaired) electrons. The molecule has 1 aromatic heterocycles. The van der Waals surface area contributed by atoms with Crippen LogP contribution in [0.2, 0.25) is 0 Å². The van der Waals surface area contributed by atoms with Gasteiger partial charge in [-0.1, -0.05) is 24.3 Å². The molecule has 4 rings (SSSR count). The molecule has 0 amide bonds. The second-order valence-electron chi connectivity index (χ2n) is 6.89. The summed E-state index contributed by atoms with van der Waals surface area (Å²) >= 11 is 0. The first-order chi connectivity index (χ1) is 12.8. The Bertz CT molecular complexity index is 1050. The maximum absolute atomic E-state index is 14.0. The fraction of sp³-hybridized carbons (Fsp3) is 0.300. The van der Waals surface area contributed by atoms with Gasteiger partial charge in [0.05, 0.1) is 22.5 Å². The third-order valence-electron chi connectivity index (χ3n) is 4.92. The molecule has 0 atom stereocenters. The summed E-state index contributed by atoms with van der Waals surface area (Å²) in [6.45, 7) is 0. The Balaban J connectivity index is 1.93. The van der Waals surface area contributed by atoms with Crippen LogP contribution >= 0.6 is 0 Å². The van der Waals surface area contributed by atoms with E-state index in [9.17, 15) is 22.4 Å². The smallest absolute Gasteiger partial charge is 0.260 e. The van der Waals surface area contributed by atoms with Crippen molar-refractivity contribution in [2.75, 3.05) is 0 Å². The summed E-state index contributed by atoms with van der Waals surface area (Å²) in [6.07, 6.45) is -3.16. The molecule has 1 aliphatic rings. The Labute approximate surface area is 152 Å². The highest BCUT2D eigenvalue weighted by Crippen LogP contribution is 2.44. The van der Waals surface area contributed by atoms with Crippen LogP contribution in [0, 0.1) is 0 Å². The average Bonchev–Trinajstić information content (AvgIpc) is 3.37. The van der Waals surface area contributed by atoms with E-state index >= 15 is 0 Å². The van der Waals surface area contributed by atoms with Gasteiger partial charge < -0.3 is 0 Å². The molecule has 0 spiro atoms. The molecule has 0 bridgehead atoms. The molecule has 3 nitrogen and oxygen atoms in total. The summed E-state index contributed by atoms with van der Waals surface area (Å²) in [5.74, 6) is 0. The second-order valence-corrected chi connectivity index (χ2v) is 6.89. The van der Waals surface area contributed by atoms with Gasteiger partial charge in [-0.3, -0.25) is 4.57 Å². The number of nitrogens with zero attached hydrogens (tertiary/aromatic N) is 2. The van der Waals surface area contributed by atoms with Crippen LogP contribution in [0.1, 0.15) is 30.5 Å². The molecule has 0 aliphatic heterocycles. The lowest BCUT2D eigenvalue weighted by atomic mass is 10.0. The minimum atomic E-state index is -4.54. The Morgan fingerprint density at radius 2 is 1.78 bits per heavy atom. The van der Waals surface area contributed by atoms with Crippen LogP contribution in [0.5, 0.6) is 0 Å². The molecular formula is C20H16F4N2O. The van der Waals surface area contributed by atoms with E-state index < -0.39 is 23.1 Å². The van der Waals surface area contributed by atoms with Crippen LogP contribution in [0.4, 0.5) is 17.6 Å². The molecule has 7 heteroatoms. The van der Waals surface area contributed by atoms with Crippen LogP contribution in [0.3, 0.4) is 0 Å². The summed E-state index contributed by atoms with van der Waals surface area (Å²) in [4.78, 5) is 16.7. The maximum Gasteiger partial charge on any atom is 0.416 e. The maximum atomic E-state index is 14.0. The number of benzene rings is 2. The number of hydrogen-bond acceptors (Lipinski definition) is 2. The van der Waals surface area contributed by atoms with E-state index in [-0.39, 0.29) is 18.4 Å². The zero-order valence-corrected chi connectivity index (χ0v) is 14.3. The SMILES string of the molecule is O=c1nc(CCC2(F)CC2)c2ccc(C(F)(F)F)cc2n1-c1ccccc1. The lowest BCUT2D eigenvalue weighted by Crippen LogP contribution is -2.24. The van der Waals surface area contributed by atoms with Crippen molar-refractivity contribution < 1.29 is 17.6 Å². The normalized spacial score (nSPS) is 15.9. The highest BCUT2D eigenvalue weighted by molar-refractivity contribution is 5.83. The van der Waals surface area contributed by atoms with Gasteiger partial charge in [0, 0.05) is 5.39 Å². The fourth-order valence-corrected chi connectivity index (χ4v) is 3.21. The van der Waals surface area contributed by atoms with E-state index in [1.54, 1.807) is 30.3 Å². The Morgan fingerprint density at radius 1 is 1.07 bits per heavy atom. The summed E-state index contributed by atoms with van der Waals surface area (Å²) in [5, 5.41) is 0.427. The molecule has 140 valence electrons. The number of fused-ring (bicyclic) bond motifs is 1. The first-order valence-electron chi connectivity index (χ1n) is 8.64. The van der Waals surface area contributed by atoms with Crippen LogP contribution in [0.25, 0.3) is 16.6 Å². The quantitative estimate of drug-likeness (QED) is 0.611. The number of alkyl halides is 4. The van der Waals surface area contributed by atoms with Gasteiger partial charge >= 0.3 is 11.9 Å². The van der Waals surface area contributed by atoms with Gasteiger partial charge in [0.15, 0.2) is 0 Å². The lowest BCUT2D eigenvalue weighted by Gasteiger charge is -2.15. The summed E-state index contributed by atoms with van der Waals surface area (Å²) in [7, 11) is 0. The van der Waals surface area contributed by atoms with Crippen LogP contribution in [-0.2, 0) is 12.6 Å². The highest BCUT2D eigenvalue weighted by atomic mass is 19.4. The highest BCUT2D eigenvalue weighted by Gasteiger charge is 2.42. The monoisotopic (exact) mass is 376 g/mol. The topological polar surface area (TPSA) is 34.9 Å². The van der Waals surface area contributed by atoms with Crippen molar-refractivity contribution in [2.24, 2.45) is 0 Å². The van der Waals surface area contributed by atoms with Gasteiger partial charge in [0.1, 0.15) is 5.67 Å². The van der Waals surface area contributed by atoms with Crippen molar-refractivity contribution in [3.63, 3.8) is 0 Å². The molecule has 1 fully saturated rings. The van der Waals surface area contributed by atoms with Gasteiger partial charge in [-0.05, 0) is 49.9 Å². The molecule has 3 aromatic rings. The first-order valence-corrected chi connectivity index (χ1v) is 8.64. The van der Waals surface area contributed by atoms with Gasteiger partial charge in [-0.15, -0.1) is 0 Å². The molecule has 1 saturated carbocycles. The molecule has 0 saturated heterocycles. The van der Waals surface area contributed by atoms with E-state index in [0.717, 1.165) is 16.7 Å². The van der Waals surface area contributed by atoms with Gasteiger partial charge in [0.25, 0.3) is 0 Å². The number of aryl methyl sites for hydroxylation is 1. The minimum Gasteiger partial charge on any atom is -0.260 e. The van der Waals surface area contributed by atoms with Crippen molar-refractivity contribution in [3.8, 4) is 5.69 Å². The van der Waals surface area contributed by atoms with Gasteiger partial charge in [-0.25, -0.2) is 9.18 Å². The third-order valence-corrected chi connectivity index (χ3v) is 4.92. The Hall–Kier alpha value is -2.70. The van der Waals surface area contributed by atoms with Crippen LogP contribution in [0.15, 0.2) is 53.3 Å². The fourth-order valence-electron chi connectivity index (χ4n) is 3.21. The molecule has 27 heavy (non-hydrogen) atoms. The summed E-state index contributed by atoms with van der Waals surface area (Å²) in [6, 6.07) is 11.6. The summed E-state index contributed by atoms with van der Waals surface area (Å²) < 4.78 is 54.8. The van der Waals surface area contributed by atoms with E-state index in [1.165, 1.54) is 6.07 Å². The second kappa shape index (κ2) is 6.18. The van der Waals surface area contributed by atoms with Crippen molar-refractivity contribution in [2.45, 2.75) is 37.5 Å². The zero-order valence-electron chi connectivity index (χ0n) is 14.3. The number of rotatable bonds is 4. The first kappa shape index (κ1) is 17.7. The average molecular weight is 376 g/mol. The van der Waals surface area contributed by atoms with Crippen molar-refractivity contribution in [1.82, 2.24) is 9.55 Å². The number of hydrogen-bond donors (Lipinski definition) is 0. The van der Waals surface area contributed by atoms with Crippen molar-refractivity contribution in [3.05, 3.63) is 70.3 Å². The molecule has 2 aromatic carbocycles. The minimum absolute atomic E-state index is 0.120. The van der Waals surface area contributed by atoms with E-state index in [4.69, 9.17) is 0 Å². The van der Waals surface area contributed by atoms with Crippen LogP contribution in [-0.4, -0.2) is 15.2 Å². The Morgan fingerprint density at radius 3 is 2.41 bits per heavy atom. The van der Waals surface area contributed by atoms with Crippen molar-refractivity contribution in [1.29, 1.82) is 0 Å². The van der Waals surface area contributed by atoms with E-state index in [2.05, 4.69) is 4.98 Å². The molecule has 1 heterocycles. The van der Waals surface area contributed by atoms with Crippen molar-refractivity contribution >= 4 is 10.9 Å². The van der Waals surface area contributed by atoms with Gasteiger partial charge in [0.2, 0.25) is 0 Å². The zero-order chi connectivity index (χ0) is 19.2. The largest absolute Gasteiger partial charge is 0.416 e. The molecule has 0 unspecified atom stereocenters. The van der Waals surface area contributed by atoms with Gasteiger partial charge in [-0.2, -0.15) is 18.2 Å². The third kappa shape index (κ3) is 3.46. The van der Waals surface area contributed by atoms with E-state index in [0.29, 0.717) is 29.6 Å². The molecule has 1 aliphatic carbocycles. The number of halogens is 4. The predicted octanol–water partition coefficient (Wildman–Crippen LogP) is 4.84. The Kier molecular flexibility index (Phi) is 4.05. The number of para-hydroxylation sites is 1. The molecular weight excluding hydrogens is 360 g/mol. The number of aromatic nitrogens is 2. The standard InChI is InChI=1S/C20H16F4N2O/c21-19(10-11-19)9-8-16-15-7-6-13(20(22,23)24)12-17(15)26(18(27)25-16)14-4-2-1-3-5-14/h1-7,12H,8-11H2. The van der Waals surface area contributed by atoms with Crippen LogP contribution < -0.4 is 5.69 Å². The predicted molar refractivity (Wildman–Crippen MR) is 93.7 cm³/mol. The lowest BCUT2D eigenvalue weighted by molar-refractivity contribution is -0.137. The summed E-state index contributed by atoms with van der Waals surface area (Å²) in [5.41, 5.74) is -1.87.